The molecule has 0 spiro atoms. The Bertz CT molecular complexity index is 405. The normalized spacial score (nSPS) is 16.4. The van der Waals surface area contributed by atoms with Crippen molar-refractivity contribution in [1.29, 1.82) is 0 Å². The molecular weight excluding hydrogens is 238 g/mol. The Morgan fingerprint density at radius 1 is 1.21 bits per heavy atom. The van der Waals surface area contributed by atoms with Gasteiger partial charge < -0.3 is 9.64 Å². The minimum absolute atomic E-state index is 0.0246. The number of rotatable bonds is 4. The van der Waals surface area contributed by atoms with Crippen LogP contribution < -0.4 is 4.90 Å². The summed E-state index contributed by atoms with van der Waals surface area (Å²) in [6.07, 6.45) is 2.87. The Hall–Kier alpha value is -1.51. The van der Waals surface area contributed by atoms with E-state index < -0.39 is 0 Å². The zero-order valence-corrected chi connectivity index (χ0v) is 11.9. The van der Waals surface area contributed by atoms with Gasteiger partial charge in [0.1, 0.15) is 0 Å². The monoisotopic (exact) mass is 261 g/mol. The smallest absolute Gasteiger partial charge is 0.309 e. The molecule has 0 aromatic heterocycles. The van der Waals surface area contributed by atoms with Crippen LogP contribution in [0.5, 0.6) is 0 Å². The van der Waals surface area contributed by atoms with E-state index in [9.17, 15) is 4.79 Å². The summed E-state index contributed by atoms with van der Waals surface area (Å²) in [4.78, 5) is 14.0. The Morgan fingerprint density at radius 3 is 2.37 bits per heavy atom. The molecule has 0 amide bonds. The second-order valence-electron chi connectivity index (χ2n) is 5.03. The lowest BCUT2D eigenvalue weighted by Crippen LogP contribution is -2.36. The highest BCUT2D eigenvalue weighted by Crippen LogP contribution is 2.24. The van der Waals surface area contributed by atoms with E-state index >= 15 is 0 Å². The van der Waals surface area contributed by atoms with Crippen molar-refractivity contribution < 1.29 is 9.53 Å². The van der Waals surface area contributed by atoms with E-state index in [0.717, 1.165) is 32.4 Å². The quantitative estimate of drug-likeness (QED) is 0.780. The molecule has 2 rings (SSSR count). The van der Waals surface area contributed by atoms with E-state index in [0.29, 0.717) is 6.61 Å². The van der Waals surface area contributed by atoms with Gasteiger partial charge in [-0.15, -0.1) is 0 Å². The van der Waals surface area contributed by atoms with Crippen LogP contribution in [0.3, 0.4) is 0 Å². The number of piperidine rings is 1. The van der Waals surface area contributed by atoms with Crippen molar-refractivity contribution in [3.63, 3.8) is 0 Å². The van der Waals surface area contributed by atoms with E-state index in [1.165, 1.54) is 11.3 Å². The van der Waals surface area contributed by atoms with Crippen molar-refractivity contribution in [3.05, 3.63) is 29.8 Å². The SMILES string of the molecule is CCOC(=O)C1CCN(c2ccc(CC)cc2)CC1. The van der Waals surface area contributed by atoms with Gasteiger partial charge in [-0.2, -0.15) is 0 Å². The number of hydrogen-bond acceptors (Lipinski definition) is 3. The lowest BCUT2D eigenvalue weighted by molar-refractivity contribution is -0.148. The van der Waals surface area contributed by atoms with Crippen molar-refractivity contribution >= 4 is 11.7 Å². The minimum Gasteiger partial charge on any atom is -0.466 e. The van der Waals surface area contributed by atoms with Gasteiger partial charge in [-0.05, 0) is 43.9 Å². The van der Waals surface area contributed by atoms with Gasteiger partial charge in [0, 0.05) is 18.8 Å². The third-order valence-corrected chi connectivity index (χ3v) is 3.82. The van der Waals surface area contributed by atoms with Crippen molar-refractivity contribution in [3.8, 4) is 0 Å². The molecule has 1 fully saturated rings. The lowest BCUT2D eigenvalue weighted by atomic mass is 9.96. The van der Waals surface area contributed by atoms with Crippen LogP contribution in [0.1, 0.15) is 32.3 Å². The zero-order valence-electron chi connectivity index (χ0n) is 11.9. The third-order valence-electron chi connectivity index (χ3n) is 3.82. The van der Waals surface area contributed by atoms with Crippen LogP contribution in [-0.2, 0) is 16.0 Å². The average molecular weight is 261 g/mol. The number of hydrogen-bond donors (Lipinski definition) is 0. The number of carbonyl (C=O) groups excluding carboxylic acids is 1. The predicted molar refractivity (Wildman–Crippen MR) is 77.4 cm³/mol. The molecule has 1 aliphatic heterocycles. The maximum Gasteiger partial charge on any atom is 0.309 e. The van der Waals surface area contributed by atoms with Gasteiger partial charge in [0.15, 0.2) is 0 Å². The molecule has 3 heteroatoms. The van der Waals surface area contributed by atoms with E-state index in [4.69, 9.17) is 4.74 Å². The van der Waals surface area contributed by atoms with Crippen LogP contribution in [0.15, 0.2) is 24.3 Å². The highest BCUT2D eigenvalue weighted by atomic mass is 16.5. The zero-order chi connectivity index (χ0) is 13.7. The van der Waals surface area contributed by atoms with Gasteiger partial charge in [-0.25, -0.2) is 0 Å². The number of nitrogens with zero attached hydrogens (tertiary/aromatic N) is 1. The highest BCUT2D eigenvalue weighted by Gasteiger charge is 2.25. The minimum atomic E-state index is -0.0246. The number of esters is 1. The Balaban J connectivity index is 1.90. The molecular formula is C16H23NO2. The third kappa shape index (κ3) is 3.49. The van der Waals surface area contributed by atoms with Gasteiger partial charge in [0.2, 0.25) is 0 Å². The first kappa shape index (κ1) is 13.9. The van der Waals surface area contributed by atoms with Crippen LogP contribution in [0.2, 0.25) is 0 Å². The Labute approximate surface area is 115 Å². The van der Waals surface area contributed by atoms with E-state index in [1.807, 2.05) is 6.92 Å². The second-order valence-corrected chi connectivity index (χ2v) is 5.03. The topological polar surface area (TPSA) is 29.5 Å². The summed E-state index contributed by atoms with van der Waals surface area (Å²) in [7, 11) is 0. The summed E-state index contributed by atoms with van der Waals surface area (Å²) >= 11 is 0. The number of aryl methyl sites for hydroxylation is 1. The molecule has 0 radical (unpaired) electrons. The van der Waals surface area contributed by atoms with E-state index in [-0.39, 0.29) is 11.9 Å². The first-order valence-electron chi connectivity index (χ1n) is 7.25. The Morgan fingerprint density at radius 2 is 1.84 bits per heavy atom. The fraction of sp³-hybridized carbons (Fsp3) is 0.562. The maximum atomic E-state index is 11.7. The molecule has 0 N–H and O–H groups in total. The molecule has 104 valence electrons. The highest BCUT2D eigenvalue weighted by molar-refractivity contribution is 5.72. The van der Waals surface area contributed by atoms with Crippen molar-refractivity contribution in [2.24, 2.45) is 5.92 Å². The Kier molecular flexibility index (Phi) is 4.83. The molecule has 19 heavy (non-hydrogen) atoms. The molecule has 1 aromatic rings. The van der Waals surface area contributed by atoms with Gasteiger partial charge in [-0.3, -0.25) is 4.79 Å². The lowest BCUT2D eigenvalue weighted by Gasteiger charge is -2.32. The second kappa shape index (κ2) is 6.60. The standard InChI is InChI=1S/C16H23NO2/c1-3-13-5-7-15(8-6-13)17-11-9-14(10-12-17)16(18)19-4-2/h5-8,14H,3-4,9-12H2,1-2H3. The summed E-state index contributed by atoms with van der Waals surface area (Å²) in [5.74, 6) is 0.0644. The van der Waals surface area contributed by atoms with Crippen LogP contribution >= 0.6 is 0 Å². The summed E-state index contributed by atoms with van der Waals surface area (Å²) in [5, 5.41) is 0. The van der Waals surface area contributed by atoms with Gasteiger partial charge in [-0.1, -0.05) is 19.1 Å². The molecule has 3 nitrogen and oxygen atoms in total. The van der Waals surface area contributed by atoms with Crippen LogP contribution in [0.25, 0.3) is 0 Å². The molecule has 0 atom stereocenters. The summed E-state index contributed by atoms with van der Waals surface area (Å²) in [5.41, 5.74) is 2.63. The van der Waals surface area contributed by atoms with Gasteiger partial charge in [0.05, 0.1) is 12.5 Å². The molecule has 0 saturated carbocycles. The number of ether oxygens (including phenoxy) is 1. The van der Waals surface area contributed by atoms with E-state index in [2.05, 4.69) is 36.1 Å². The fourth-order valence-electron chi connectivity index (χ4n) is 2.58. The van der Waals surface area contributed by atoms with Crippen LogP contribution in [0, 0.1) is 5.92 Å². The maximum absolute atomic E-state index is 11.7. The first-order chi connectivity index (χ1) is 9.24. The summed E-state index contributed by atoms with van der Waals surface area (Å²) < 4.78 is 5.10. The predicted octanol–water partition coefficient (Wildman–Crippen LogP) is 3.03. The van der Waals surface area contributed by atoms with Gasteiger partial charge >= 0.3 is 5.97 Å². The van der Waals surface area contributed by atoms with Crippen molar-refractivity contribution in [1.82, 2.24) is 0 Å². The molecule has 1 heterocycles. The van der Waals surface area contributed by atoms with Crippen LogP contribution in [-0.4, -0.2) is 25.7 Å². The number of benzene rings is 1. The molecule has 1 aliphatic rings. The summed E-state index contributed by atoms with van der Waals surface area (Å²) in [6, 6.07) is 8.74. The van der Waals surface area contributed by atoms with Crippen LogP contribution in [0.4, 0.5) is 5.69 Å². The van der Waals surface area contributed by atoms with E-state index in [1.54, 1.807) is 0 Å². The molecule has 1 saturated heterocycles. The number of carbonyl (C=O) groups is 1. The first-order valence-corrected chi connectivity index (χ1v) is 7.25. The molecule has 0 bridgehead atoms. The molecule has 0 unspecified atom stereocenters. The number of anilines is 1. The average Bonchev–Trinajstić information content (AvgIpc) is 2.48. The molecule has 0 aliphatic carbocycles. The van der Waals surface area contributed by atoms with Gasteiger partial charge in [0.25, 0.3) is 0 Å². The molecule has 1 aromatic carbocycles. The van der Waals surface area contributed by atoms with Crippen molar-refractivity contribution in [2.45, 2.75) is 33.1 Å². The summed E-state index contributed by atoms with van der Waals surface area (Å²) in [6.45, 7) is 6.39. The largest absolute Gasteiger partial charge is 0.466 e. The van der Waals surface area contributed by atoms with Crippen molar-refractivity contribution in [2.75, 3.05) is 24.6 Å². The fourth-order valence-corrected chi connectivity index (χ4v) is 2.58.